The zero-order chi connectivity index (χ0) is 12.0. The zero-order valence-electron chi connectivity index (χ0n) is 9.12. The number of rotatable bonds is 4. The third-order valence-electron chi connectivity index (χ3n) is 2.03. The van der Waals surface area contributed by atoms with Crippen LogP contribution < -0.4 is 16.4 Å². The highest BCUT2D eigenvalue weighted by Gasteiger charge is 2.00. The summed E-state index contributed by atoms with van der Waals surface area (Å²) in [5, 5.41) is 6.67. The van der Waals surface area contributed by atoms with Gasteiger partial charge in [0.05, 0.1) is 0 Å². The van der Waals surface area contributed by atoms with Crippen LogP contribution >= 0.6 is 12.2 Å². The predicted octanol–water partition coefficient (Wildman–Crippen LogP) is 0.770. The molecule has 86 valence electrons. The van der Waals surface area contributed by atoms with E-state index in [2.05, 4.69) is 10.6 Å². The van der Waals surface area contributed by atoms with Crippen LogP contribution in [0.15, 0.2) is 24.3 Å². The molecule has 1 aromatic rings. The van der Waals surface area contributed by atoms with E-state index in [1.165, 1.54) is 0 Å². The van der Waals surface area contributed by atoms with E-state index in [0.29, 0.717) is 17.2 Å². The topological polar surface area (TPSA) is 67.2 Å². The van der Waals surface area contributed by atoms with Crippen molar-refractivity contribution in [3.63, 3.8) is 0 Å². The van der Waals surface area contributed by atoms with Crippen LogP contribution in [0.2, 0.25) is 0 Å². The van der Waals surface area contributed by atoms with Crippen molar-refractivity contribution in [1.29, 1.82) is 0 Å². The SMILES string of the molecule is CCNC(=S)NCc1ccc(C(N)=O)cc1. The molecule has 0 aromatic heterocycles. The third-order valence-corrected chi connectivity index (χ3v) is 2.32. The van der Waals surface area contributed by atoms with Crippen LogP contribution in [-0.2, 0) is 6.54 Å². The van der Waals surface area contributed by atoms with Crippen molar-refractivity contribution in [3.05, 3.63) is 35.4 Å². The van der Waals surface area contributed by atoms with E-state index in [0.717, 1.165) is 12.1 Å². The van der Waals surface area contributed by atoms with Crippen LogP contribution in [0, 0.1) is 0 Å². The van der Waals surface area contributed by atoms with Gasteiger partial charge in [0, 0.05) is 18.7 Å². The second kappa shape index (κ2) is 6.07. The van der Waals surface area contributed by atoms with Crippen molar-refractivity contribution in [2.24, 2.45) is 5.73 Å². The summed E-state index contributed by atoms with van der Waals surface area (Å²) in [6, 6.07) is 7.11. The van der Waals surface area contributed by atoms with Crippen molar-refractivity contribution in [2.45, 2.75) is 13.5 Å². The average Bonchev–Trinajstić information content (AvgIpc) is 2.27. The summed E-state index contributed by atoms with van der Waals surface area (Å²) >= 11 is 5.02. The second-order valence-electron chi connectivity index (χ2n) is 3.27. The molecular formula is C11H15N3OS. The molecule has 5 heteroatoms. The Morgan fingerprint density at radius 3 is 2.44 bits per heavy atom. The van der Waals surface area contributed by atoms with E-state index in [-0.39, 0.29) is 0 Å². The molecule has 0 aliphatic heterocycles. The molecule has 0 aliphatic carbocycles. The van der Waals surface area contributed by atoms with Gasteiger partial charge in [0.2, 0.25) is 5.91 Å². The molecule has 1 aromatic carbocycles. The Balaban J connectivity index is 2.49. The third kappa shape index (κ3) is 3.86. The van der Waals surface area contributed by atoms with E-state index in [1.54, 1.807) is 12.1 Å². The van der Waals surface area contributed by atoms with Gasteiger partial charge in [-0.3, -0.25) is 4.79 Å². The average molecular weight is 237 g/mol. The maximum atomic E-state index is 10.8. The number of amides is 1. The first kappa shape index (κ1) is 12.4. The molecule has 0 aliphatic rings. The predicted molar refractivity (Wildman–Crippen MR) is 68.1 cm³/mol. The second-order valence-corrected chi connectivity index (χ2v) is 3.68. The van der Waals surface area contributed by atoms with Crippen molar-refractivity contribution < 1.29 is 4.79 Å². The summed E-state index contributed by atoms with van der Waals surface area (Å²) in [5.41, 5.74) is 6.70. The van der Waals surface area contributed by atoms with Crippen molar-refractivity contribution in [1.82, 2.24) is 10.6 Å². The normalized spacial score (nSPS) is 9.56. The van der Waals surface area contributed by atoms with Gasteiger partial charge in [-0.2, -0.15) is 0 Å². The maximum absolute atomic E-state index is 10.8. The molecule has 4 N–H and O–H groups in total. The molecule has 0 radical (unpaired) electrons. The quantitative estimate of drug-likeness (QED) is 0.677. The number of carbonyl (C=O) groups is 1. The molecular weight excluding hydrogens is 222 g/mol. The van der Waals surface area contributed by atoms with Crippen molar-refractivity contribution in [2.75, 3.05) is 6.54 Å². The lowest BCUT2D eigenvalue weighted by Gasteiger charge is -2.08. The number of thiocarbonyl (C=S) groups is 1. The summed E-state index contributed by atoms with van der Waals surface area (Å²) in [4.78, 5) is 10.8. The lowest BCUT2D eigenvalue weighted by atomic mass is 10.1. The molecule has 0 heterocycles. The standard InChI is InChI=1S/C11H15N3OS/c1-2-13-11(16)14-7-8-3-5-9(6-4-8)10(12)15/h3-6H,2,7H2,1H3,(H2,12,15)(H2,13,14,16). The van der Waals surface area contributed by atoms with Gasteiger partial charge in [-0.1, -0.05) is 12.1 Å². The first-order valence-electron chi connectivity index (χ1n) is 5.04. The van der Waals surface area contributed by atoms with E-state index in [1.807, 2.05) is 19.1 Å². The molecule has 0 unspecified atom stereocenters. The highest BCUT2D eigenvalue weighted by Crippen LogP contribution is 2.03. The minimum Gasteiger partial charge on any atom is -0.366 e. The molecule has 0 saturated heterocycles. The molecule has 0 fully saturated rings. The lowest BCUT2D eigenvalue weighted by Crippen LogP contribution is -2.34. The monoisotopic (exact) mass is 237 g/mol. The number of benzene rings is 1. The fourth-order valence-electron chi connectivity index (χ4n) is 1.19. The number of hydrogen-bond donors (Lipinski definition) is 3. The minimum atomic E-state index is -0.414. The van der Waals surface area contributed by atoms with Gasteiger partial charge in [-0.25, -0.2) is 0 Å². The Labute approximate surface area is 100 Å². The van der Waals surface area contributed by atoms with Gasteiger partial charge < -0.3 is 16.4 Å². The Kier molecular flexibility index (Phi) is 4.72. The molecule has 0 spiro atoms. The number of hydrogen-bond acceptors (Lipinski definition) is 2. The van der Waals surface area contributed by atoms with Crippen LogP contribution in [0.5, 0.6) is 0 Å². The van der Waals surface area contributed by atoms with Gasteiger partial charge in [0.15, 0.2) is 5.11 Å². The van der Waals surface area contributed by atoms with Gasteiger partial charge in [0.25, 0.3) is 0 Å². The van der Waals surface area contributed by atoms with E-state index >= 15 is 0 Å². The number of carbonyl (C=O) groups excluding carboxylic acids is 1. The van der Waals surface area contributed by atoms with Gasteiger partial charge in [-0.15, -0.1) is 0 Å². The van der Waals surface area contributed by atoms with Crippen LogP contribution in [0.1, 0.15) is 22.8 Å². The number of primary amides is 1. The van der Waals surface area contributed by atoms with Crippen LogP contribution in [-0.4, -0.2) is 17.6 Å². The van der Waals surface area contributed by atoms with Crippen molar-refractivity contribution in [3.8, 4) is 0 Å². The minimum absolute atomic E-state index is 0.414. The van der Waals surface area contributed by atoms with Crippen molar-refractivity contribution >= 4 is 23.2 Å². The van der Waals surface area contributed by atoms with E-state index < -0.39 is 5.91 Å². The molecule has 1 rings (SSSR count). The highest BCUT2D eigenvalue weighted by atomic mass is 32.1. The molecule has 16 heavy (non-hydrogen) atoms. The maximum Gasteiger partial charge on any atom is 0.248 e. The van der Waals surface area contributed by atoms with Gasteiger partial charge in [-0.05, 0) is 36.8 Å². The molecule has 0 bridgehead atoms. The van der Waals surface area contributed by atoms with Gasteiger partial charge >= 0.3 is 0 Å². The summed E-state index contributed by atoms with van der Waals surface area (Å²) in [6.45, 7) is 3.41. The van der Waals surface area contributed by atoms with Crippen LogP contribution in [0.25, 0.3) is 0 Å². The largest absolute Gasteiger partial charge is 0.366 e. The summed E-state index contributed by atoms with van der Waals surface area (Å²) in [5.74, 6) is -0.414. The number of nitrogens with one attached hydrogen (secondary N) is 2. The molecule has 0 atom stereocenters. The molecule has 0 saturated carbocycles. The smallest absolute Gasteiger partial charge is 0.248 e. The first-order chi connectivity index (χ1) is 7.63. The molecule has 1 amide bonds. The summed E-state index contributed by atoms with van der Waals surface area (Å²) in [6.07, 6.45) is 0. The Bertz CT molecular complexity index is 375. The first-order valence-corrected chi connectivity index (χ1v) is 5.44. The van der Waals surface area contributed by atoms with Gasteiger partial charge in [0.1, 0.15) is 0 Å². The Morgan fingerprint density at radius 2 is 1.94 bits per heavy atom. The Hall–Kier alpha value is -1.62. The number of nitrogens with two attached hydrogens (primary N) is 1. The fraction of sp³-hybridized carbons (Fsp3) is 0.273. The molecule has 4 nitrogen and oxygen atoms in total. The lowest BCUT2D eigenvalue weighted by molar-refractivity contribution is 0.100. The van der Waals surface area contributed by atoms with Crippen LogP contribution in [0.4, 0.5) is 0 Å². The summed E-state index contributed by atoms with van der Waals surface area (Å²) in [7, 11) is 0. The zero-order valence-corrected chi connectivity index (χ0v) is 9.93. The van der Waals surface area contributed by atoms with Crippen LogP contribution in [0.3, 0.4) is 0 Å². The highest BCUT2D eigenvalue weighted by molar-refractivity contribution is 7.80. The Morgan fingerprint density at radius 1 is 1.31 bits per heavy atom. The van der Waals surface area contributed by atoms with E-state index in [9.17, 15) is 4.79 Å². The fourth-order valence-corrected chi connectivity index (χ4v) is 1.41. The van der Waals surface area contributed by atoms with E-state index in [4.69, 9.17) is 18.0 Å². The summed E-state index contributed by atoms with van der Waals surface area (Å²) < 4.78 is 0.